The molecule has 0 unspecified atom stereocenters. The number of amides is 1. The van der Waals surface area contributed by atoms with E-state index >= 15 is 0 Å². The molecule has 19 heavy (non-hydrogen) atoms. The maximum absolute atomic E-state index is 12.2. The van der Waals surface area contributed by atoms with Crippen LogP contribution in [0, 0.1) is 0 Å². The summed E-state index contributed by atoms with van der Waals surface area (Å²) >= 11 is 0. The molecular formula is C15H20N2O2. The number of carbonyl (C=O) groups is 2. The molecule has 0 spiro atoms. The summed E-state index contributed by atoms with van der Waals surface area (Å²) in [5.74, 6) is 0.207. The molecule has 0 radical (unpaired) electrons. The Morgan fingerprint density at radius 3 is 2.58 bits per heavy atom. The molecule has 1 N–H and O–H groups in total. The van der Waals surface area contributed by atoms with E-state index in [-0.39, 0.29) is 17.7 Å². The van der Waals surface area contributed by atoms with Crippen LogP contribution in [-0.4, -0.2) is 42.3 Å². The van der Waals surface area contributed by atoms with Gasteiger partial charge in [-0.05, 0) is 19.4 Å². The van der Waals surface area contributed by atoms with Crippen molar-refractivity contribution in [1.82, 2.24) is 10.2 Å². The van der Waals surface area contributed by atoms with E-state index in [2.05, 4.69) is 12.2 Å². The van der Waals surface area contributed by atoms with Gasteiger partial charge in [-0.15, -0.1) is 0 Å². The van der Waals surface area contributed by atoms with Gasteiger partial charge in [-0.3, -0.25) is 9.59 Å². The number of benzene rings is 1. The predicted molar refractivity (Wildman–Crippen MR) is 74.2 cm³/mol. The zero-order chi connectivity index (χ0) is 13.8. The Balaban J connectivity index is 2.00. The fourth-order valence-corrected chi connectivity index (χ4v) is 2.35. The lowest BCUT2D eigenvalue weighted by Crippen LogP contribution is -2.52. The van der Waals surface area contributed by atoms with Crippen LogP contribution >= 0.6 is 0 Å². The molecule has 1 amide bonds. The lowest BCUT2D eigenvalue weighted by molar-refractivity contribution is -0.133. The maximum Gasteiger partial charge on any atom is 0.227 e. The number of piperazine rings is 1. The van der Waals surface area contributed by atoms with Crippen molar-refractivity contribution in [2.24, 2.45) is 0 Å². The second-order valence-electron chi connectivity index (χ2n) is 5.07. The summed E-state index contributed by atoms with van der Waals surface area (Å²) in [7, 11) is 0. The van der Waals surface area contributed by atoms with Gasteiger partial charge >= 0.3 is 0 Å². The van der Waals surface area contributed by atoms with Crippen molar-refractivity contribution in [3.8, 4) is 0 Å². The molecule has 1 fully saturated rings. The van der Waals surface area contributed by atoms with Gasteiger partial charge in [0.05, 0.1) is 6.42 Å². The van der Waals surface area contributed by atoms with Gasteiger partial charge in [0.15, 0.2) is 5.78 Å². The van der Waals surface area contributed by atoms with Gasteiger partial charge in [0, 0.05) is 31.2 Å². The number of carbonyl (C=O) groups excluding carboxylic acids is 2. The first-order valence-electron chi connectivity index (χ1n) is 6.68. The van der Waals surface area contributed by atoms with Gasteiger partial charge in [-0.25, -0.2) is 0 Å². The SMILES string of the molecule is CC(=O)c1ccc(CC(=O)N2CCNC[C@@H]2C)cc1. The molecule has 1 aliphatic rings. The average molecular weight is 260 g/mol. The van der Waals surface area contributed by atoms with Crippen LogP contribution in [0.25, 0.3) is 0 Å². The number of Topliss-reactive ketones (excluding diaryl/α,β-unsaturated/α-hetero) is 1. The molecule has 4 heteroatoms. The summed E-state index contributed by atoms with van der Waals surface area (Å²) in [5.41, 5.74) is 1.65. The molecule has 1 aromatic carbocycles. The molecular weight excluding hydrogens is 240 g/mol. The second-order valence-corrected chi connectivity index (χ2v) is 5.07. The fraction of sp³-hybridized carbons (Fsp3) is 0.467. The second kappa shape index (κ2) is 5.97. The van der Waals surface area contributed by atoms with Crippen molar-refractivity contribution < 1.29 is 9.59 Å². The molecule has 0 aliphatic carbocycles. The fourth-order valence-electron chi connectivity index (χ4n) is 2.35. The number of hydrogen-bond donors (Lipinski definition) is 1. The lowest BCUT2D eigenvalue weighted by Gasteiger charge is -2.34. The molecule has 102 valence electrons. The van der Waals surface area contributed by atoms with E-state index in [1.807, 2.05) is 17.0 Å². The monoisotopic (exact) mass is 260 g/mol. The lowest BCUT2D eigenvalue weighted by atomic mass is 10.1. The zero-order valence-electron chi connectivity index (χ0n) is 11.5. The molecule has 0 bridgehead atoms. The molecule has 1 aromatic rings. The van der Waals surface area contributed by atoms with E-state index in [0.717, 1.165) is 25.2 Å². The van der Waals surface area contributed by atoms with Gasteiger partial charge in [0.2, 0.25) is 5.91 Å². The van der Waals surface area contributed by atoms with Crippen molar-refractivity contribution in [1.29, 1.82) is 0 Å². The van der Waals surface area contributed by atoms with Gasteiger partial charge in [-0.1, -0.05) is 24.3 Å². The summed E-state index contributed by atoms with van der Waals surface area (Å²) in [4.78, 5) is 25.3. The molecule has 1 atom stereocenters. The maximum atomic E-state index is 12.2. The quantitative estimate of drug-likeness (QED) is 0.832. The summed E-state index contributed by atoms with van der Waals surface area (Å²) in [6.45, 7) is 6.09. The molecule has 1 aliphatic heterocycles. The summed E-state index contributed by atoms with van der Waals surface area (Å²) < 4.78 is 0. The van der Waals surface area contributed by atoms with Gasteiger partial charge in [-0.2, -0.15) is 0 Å². The van der Waals surface area contributed by atoms with Crippen molar-refractivity contribution in [3.63, 3.8) is 0 Å². The molecule has 2 rings (SSSR count). The van der Waals surface area contributed by atoms with Gasteiger partial charge in [0.1, 0.15) is 0 Å². The minimum Gasteiger partial charge on any atom is -0.337 e. The van der Waals surface area contributed by atoms with Crippen LogP contribution < -0.4 is 5.32 Å². The number of rotatable bonds is 3. The van der Waals surface area contributed by atoms with E-state index < -0.39 is 0 Å². The van der Waals surface area contributed by atoms with Crippen molar-refractivity contribution in [3.05, 3.63) is 35.4 Å². The third kappa shape index (κ3) is 3.41. The highest BCUT2D eigenvalue weighted by Gasteiger charge is 2.22. The van der Waals surface area contributed by atoms with Gasteiger partial charge < -0.3 is 10.2 Å². The summed E-state index contributed by atoms with van der Waals surface area (Å²) in [6.07, 6.45) is 0.405. The van der Waals surface area contributed by atoms with Crippen LogP contribution in [0.3, 0.4) is 0 Å². The first-order chi connectivity index (χ1) is 9.08. The summed E-state index contributed by atoms with van der Waals surface area (Å²) in [5, 5.41) is 3.27. The minimum absolute atomic E-state index is 0.0496. The average Bonchev–Trinajstić information content (AvgIpc) is 2.39. The van der Waals surface area contributed by atoms with Crippen LogP contribution in [0.5, 0.6) is 0 Å². The standard InChI is InChI=1S/C15H20N2O2/c1-11-10-16-7-8-17(11)15(19)9-13-3-5-14(6-4-13)12(2)18/h3-6,11,16H,7-10H2,1-2H3/t11-/m0/s1. The Morgan fingerprint density at radius 2 is 2.00 bits per heavy atom. The van der Waals surface area contributed by atoms with Crippen molar-refractivity contribution >= 4 is 11.7 Å². The van der Waals surface area contributed by atoms with Crippen LogP contribution in [0.2, 0.25) is 0 Å². The van der Waals surface area contributed by atoms with Crippen LogP contribution in [0.4, 0.5) is 0 Å². The highest BCUT2D eigenvalue weighted by molar-refractivity contribution is 5.94. The number of nitrogens with zero attached hydrogens (tertiary/aromatic N) is 1. The molecule has 1 heterocycles. The topological polar surface area (TPSA) is 49.4 Å². The van der Waals surface area contributed by atoms with Gasteiger partial charge in [0.25, 0.3) is 0 Å². The van der Waals surface area contributed by atoms with E-state index in [1.54, 1.807) is 19.1 Å². The largest absolute Gasteiger partial charge is 0.337 e. The van der Waals surface area contributed by atoms with Crippen molar-refractivity contribution in [2.75, 3.05) is 19.6 Å². The third-order valence-corrected chi connectivity index (χ3v) is 3.54. The Kier molecular flexibility index (Phi) is 4.32. The molecule has 1 saturated heterocycles. The van der Waals surface area contributed by atoms with E-state index in [0.29, 0.717) is 12.0 Å². The Morgan fingerprint density at radius 1 is 1.32 bits per heavy atom. The van der Waals surface area contributed by atoms with Crippen LogP contribution in [0.15, 0.2) is 24.3 Å². The van der Waals surface area contributed by atoms with Crippen LogP contribution in [0.1, 0.15) is 29.8 Å². The zero-order valence-corrected chi connectivity index (χ0v) is 11.5. The normalized spacial score (nSPS) is 19.3. The third-order valence-electron chi connectivity index (χ3n) is 3.54. The molecule has 0 aromatic heterocycles. The number of hydrogen-bond acceptors (Lipinski definition) is 3. The Hall–Kier alpha value is -1.68. The van der Waals surface area contributed by atoms with Crippen LogP contribution in [-0.2, 0) is 11.2 Å². The van der Waals surface area contributed by atoms with E-state index in [9.17, 15) is 9.59 Å². The Labute approximate surface area is 113 Å². The first kappa shape index (κ1) is 13.7. The Bertz CT molecular complexity index is 468. The number of ketones is 1. The molecule has 4 nitrogen and oxygen atoms in total. The summed E-state index contributed by atoms with van der Waals surface area (Å²) in [6, 6.07) is 7.54. The molecule has 0 saturated carbocycles. The minimum atomic E-state index is 0.0496. The highest BCUT2D eigenvalue weighted by Crippen LogP contribution is 2.10. The highest BCUT2D eigenvalue weighted by atomic mass is 16.2. The van der Waals surface area contributed by atoms with E-state index in [1.165, 1.54) is 0 Å². The van der Waals surface area contributed by atoms with E-state index in [4.69, 9.17) is 0 Å². The smallest absolute Gasteiger partial charge is 0.227 e. The number of nitrogens with one attached hydrogen (secondary N) is 1. The first-order valence-corrected chi connectivity index (χ1v) is 6.68. The van der Waals surface area contributed by atoms with Crippen molar-refractivity contribution in [2.45, 2.75) is 26.3 Å². The predicted octanol–water partition coefficient (Wildman–Crippen LogP) is 1.25.